The molecule has 2 fully saturated rings. The highest BCUT2D eigenvalue weighted by Crippen LogP contribution is 2.30. The van der Waals surface area contributed by atoms with Crippen LogP contribution in [0.5, 0.6) is 0 Å². The van der Waals surface area contributed by atoms with E-state index >= 15 is 0 Å². The molecule has 2 saturated heterocycles. The molecule has 7 nitrogen and oxygen atoms in total. The van der Waals surface area contributed by atoms with Gasteiger partial charge in [-0.05, 0) is 62.5 Å². The van der Waals surface area contributed by atoms with E-state index < -0.39 is 6.04 Å². The first-order valence-electron chi connectivity index (χ1n) is 10.2. The molecule has 4 rings (SSSR count). The van der Waals surface area contributed by atoms with Crippen molar-refractivity contribution in [2.75, 3.05) is 26.7 Å². The van der Waals surface area contributed by atoms with E-state index in [0.29, 0.717) is 24.4 Å². The Morgan fingerprint density at radius 2 is 2.07 bits per heavy atom. The van der Waals surface area contributed by atoms with Gasteiger partial charge in [0.2, 0.25) is 11.8 Å². The predicted molar refractivity (Wildman–Crippen MR) is 104 cm³/mol. The summed E-state index contributed by atoms with van der Waals surface area (Å²) in [5.41, 5.74) is 2.85. The molecule has 3 aliphatic heterocycles. The quantitative estimate of drug-likeness (QED) is 0.737. The van der Waals surface area contributed by atoms with Crippen LogP contribution in [-0.4, -0.2) is 60.2 Å². The van der Waals surface area contributed by atoms with Crippen molar-refractivity contribution in [3.8, 4) is 0 Å². The second kappa shape index (κ2) is 8.01. The number of carbonyl (C=O) groups is 3. The van der Waals surface area contributed by atoms with Crippen molar-refractivity contribution in [3.63, 3.8) is 0 Å². The molecule has 2 N–H and O–H groups in total. The number of nitrogens with one attached hydrogen (secondary N) is 2. The topological polar surface area (TPSA) is 81.8 Å². The molecule has 0 bridgehead atoms. The van der Waals surface area contributed by atoms with E-state index in [4.69, 9.17) is 0 Å². The van der Waals surface area contributed by atoms with Crippen LogP contribution in [0, 0.1) is 5.92 Å². The first-order chi connectivity index (χ1) is 13.5. The zero-order chi connectivity index (χ0) is 19.7. The molecule has 1 aromatic carbocycles. The molecule has 150 valence electrons. The van der Waals surface area contributed by atoms with Crippen LogP contribution in [0.3, 0.4) is 0 Å². The molecule has 3 amide bonds. The number of hydrogen-bond acceptors (Lipinski definition) is 5. The number of hydrogen-bond donors (Lipinski definition) is 2. The van der Waals surface area contributed by atoms with Crippen molar-refractivity contribution < 1.29 is 14.4 Å². The van der Waals surface area contributed by atoms with Gasteiger partial charge in [-0.3, -0.25) is 19.7 Å². The van der Waals surface area contributed by atoms with Gasteiger partial charge in [0.25, 0.3) is 5.91 Å². The minimum Gasteiger partial charge on any atom is -0.322 e. The summed E-state index contributed by atoms with van der Waals surface area (Å²) in [4.78, 5) is 40.5. The summed E-state index contributed by atoms with van der Waals surface area (Å²) < 4.78 is 0. The van der Waals surface area contributed by atoms with Crippen LogP contribution < -0.4 is 10.6 Å². The van der Waals surface area contributed by atoms with Crippen molar-refractivity contribution in [1.29, 1.82) is 0 Å². The van der Waals surface area contributed by atoms with Gasteiger partial charge in [0.05, 0.1) is 0 Å². The van der Waals surface area contributed by atoms with Gasteiger partial charge in [-0.2, -0.15) is 0 Å². The number of rotatable bonds is 5. The Morgan fingerprint density at radius 1 is 1.21 bits per heavy atom. The maximum Gasteiger partial charge on any atom is 0.255 e. The highest BCUT2D eigenvalue weighted by Gasteiger charge is 2.39. The van der Waals surface area contributed by atoms with Gasteiger partial charge in [-0.25, -0.2) is 0 Å². The summed E-state index contributed by atoms with van der Waals surface area (Å²) in [7, 11) is 2.13. The lowest BCUT2D eigenvalue weighted by atomic mass is 9.98. The van der Waals surface area contributed by atoms with Crippen LogP contribution in [-0.2, 0) is 22.7 Å². The summed E-state index contributed by atoms with van der Waals surface area (Å²) in [6, 6.07) is 5.29. The molecular weight excluding hydrogens is 356 g/mol. The van der Waals surface area contributed by atoms with Crippen molar-refractivity contribution >= 4 is 17.7 Å². The van der Waals surface area contributed by atoms with Gasteiger partial charge in [0.15, 0.2) is 0 Å². The van der Waals surface area contributed by atoms with E-state index in [0.717, 1.165) is 37.3 Å². The van der Waals surface area contributed by atoms with Gasteiger partial charge in [-0.1, -0.05) is 12.1 Å². The molecule has 0 aromatic heterocycles. The second-order valence-corrected chi connectivity index (χ2v) is 8.25. The van der Waals surface area contributed by atoms with E-state index in [1.807, 2.05) is 12.1 Å². The third-order valence-electron chi connectivity index (χ3n) is 6.09. The Morgan fingerprint density at radius 3 is 2.82 bits per heavy atom. The highest BCUT2D eigenvalue weighted by molar-refractivity contribution is 6.05. The monoisotopic (exact) mass is 384 g/mol. The molecule has 0 aliphatic carbocycles. The van der Waals surface area contributed by atoms with E-state index in [9.17, 15) is 14.4 Å². The molecule has 1 aromatic rings. The molecule has 0 saturated carbocycles. The summed E-state index contributed by atoms with van der Waals surface area (Å²) in [5.74, 6) is -0.0617. The Kier molecular flexibility index (Phi) is 5.46. The van der Waals surface area contributed by atoms with Gasteiger partial charge in [0.1, 0.15) is 6.04 Å². The Balaban J connectivity index is 1.46. The smallest absolute Gasteiger partial charge is 0.255 e. The molecule has 0 radical (unpaired) electrons. The third kappa shape index (κ3) is 3.82. The zero-order valence-electron chi connectivity index (χ0n) is 16.4. The molecule has 3 heterocycles. The summed E-state index contributed by atoms with van der Waals surface area (Å²) in [6.45, 7) is 4.44. The predicted octanol–water partition coefficient (Wildman–Crippen LogP) is 0.879. The lowest BCUT2D eigenvalue weighted by molar-refractivity contribution is -0.136. The average Bonchev–Trinajstić information content (AvgIpc) is 3.00. The number of benzene rings is 1. The van der Waals surface area contributed by atoms with Crippen LogP contribution in [0.25, 0.3) is 0 Å². The number of amides is 3. The van der Waals surface area contributed by atoms with Crippen LogP contribution in [0.2, 0.25) is 0 Å². The largest absolute Gasteiger partial charge is 0.322 e. The molecule has 2 atom stereocenters. The fourth-order valence-corrected chi connectivity index (χ4v) is 4.67. The number of piperidine rings is 2. The van der Waals surface area contributed by atoms with Gasteiger partial charge >= 0.3 is 0 Å². The first kappa shape index (κ1) is 19.1. The fraction of sp³-hybridized carbons (Fsp3) is 0.571. The minimum atomic E-state index is -0.559. The van der Waals surface area contributed by atoms with Gasteiger partial charge in [0, 0.05) is 31.6 Å². The van der Waals surface area contributed by atoms with Gasteiger partial charge in [-0.15, -0.1) is 0 Å². The highest BCUT2D eigenvalue weighted by atomic mass is 16.2. The first-order valence-corrected chi connectivity index (χ1v) is 10.2. The van der Waals surface area contributed by atoms with Crippen LogP contribution in [0.4, 0.5) is 0 Å². The molecule has 0 spiro atoms. The van der Waals surface area contributed by atoms with Crippen LogP contribution in [0.15, 0.2) is 18.2 Å². The van der Waals surface area contributed by atoms with E-state index in [1.54, 1.807) is 4.90 Å². The SMILES string of the molecule is CN(Cc1cccc2c1CN(C1CCC(=O)NC1=O)C2=O)C[C@H]1CCCNC1. The minimum absolute atomic E-state index is 0.106. The summed E-state index contributed by atoms with van der Waals surface area (Å²) in [6.07, 6.45) is 3.16. The fourth-order valence-electron chi connectivity index (χ4n) is 4.67. The van der Waals surface area contributed by atoms with Crippen molar-refractivity contribution in [1.82, 2.24) is 20.4 Å². The van der Waals surface area contributed by atoms with Crippen LogP contribution in [0.1, 0.15) is 47.2 Å². The molecule has 7 heteroatoms. The lowest BCUT2D eigenvalue weighted by Crippen LogP contribution is -2.52. The lowest BCUT2D eigenvalue weighted by Gasteiger charge is -2.29. The van der Waals surface area contributed by atoms with Crippen LogP contribution >= 0.6 is 0 Å². The Bertz CT molecular complexity index is 788. The molecule has 3 aliphatic rings. The molecule has 1 unspecified atom stereocenters. The standard InChI is InChI=1S/C21H28N4O3/c1-24(11-14-4-3-9-22-10-14)12-15-5-2-6-16-17(15)13-25(21(16)28)18-7-8-19(26)23-20(18)27/h2,5-6,14,18,22H,3-4,7-13H2,1H3,(H,23,26,27)/t14-,18?/m0/s1. The van der Waals surface area contributed by atoms with E-state index in [-0.39, 0.29) is 24.1 Å². The number of carbonyl (C=O) groups excluding carboxylic acids is 3. The summed E-state index contributed by atoms with van der Waals surface area (Å²) in [5, 5.41) is 5.82. The normalized spacial score (nSPS) is 25.2. The average molecular weight is 384 g/mol. The second-order valence-electron chi connectivity index (χ2n) is 8.25. The zero-order valence-corrected chi connectivity index (χ0v) is 16.4. The van der Waals surface area contributed by atoms with Crippen molar-refractivity contribution in [2.24, 2.45) is 5.92 Å². The third-order valence-corrected chi connectivity index (χ3v) is 6.09. The van der Waals surface area contributed by atoms with Crippen molar-refractivity contribution in [3.05, 3.63) is 34.9 Å². The maximum atomic E-state index is 12.9. The molecular formula is C21H28N4O3. The summed E-state index contributed by atoms with van der Waals surface area (Å²) >= 11 is 0. The van der Waals surface area contributed by atoms with Gasteiger partial charge < -0.3 is 15.1 Å². The Hall–Kier alpha value is -2.25. The Labute approximate surface area is 165 Å². The van der Waals surface area contributed by atoms with Crippen molar-refractivity contribution in [2.45, 2.75) is 44.8 Å². The number of nitrogens with zero attached hydrogens (tertiary/aromatic N) is 2. The number of fused-ring (bicyclic) bond motifs is 1. The number of imide groups is 1. The maximum absolute atomic E-state index is 12.9. The molecule has 28 heavy (non-hydrogen) atoms. The van der Waals surface area contributed by atoms with E-state index in [2.05, 4.69) is 28.6 Å². The van der Waals surface area contributed by atoms with E-state index in [1.165, 1.54) is 12.8 Å².